The van der Waals surface area contributed by atoms with Crippen molar-refractivity contribution in [2.75, 3.05) is 13.2 Å². The first kappa shape index (κ1) is 31.1. The van der Waals surface area contributed by atoms with E-state index in [4.69, 9.17) is 9.47 Å². The lowest BCUT2D eigenvalue weighted by Crippen LogP contribution is -2.03. The molecule has 0 N–H and O–H groups in total. The molecule has 3 aromatic rings. The van der Waals surface area contributed by atoms with Gasteiger partial charge in [-0.2, -0.15) is 0 Å². The third-order valence-corrected chi connectivity index (χ3v) is 6.93. The molecule has 40 heavy (non-hydrogen) atoms. The summed E-state index contributed by atoms with van der Waals surface area (Å²) in [7, 11) is 0. The highest BCUT2D eigenvalue weighted by Gasteiger charge is 2.10. The molecule has 2 aromatic heterocycles. The summed E-state index contributed by atoms with van der Waals surface area (Å²) >= 11 is 0. The van der Waals surface area contributed by atoms with E-state index in [1.807, 2.05) is 24.5 Å². The van der Waals surface area contributed by atoms with Crippen LogP contribution in [-0.4, -0.2) is 23.2 Å². The van der Waals surface area contributed by atoms with E-state index in [1.54, 1.807) is 12.4 Å². The summed E-state index contributed by atoms with van der Waals surface area (Å²) < 4.78 is 12.8. The number of ether oxygens (including phenoxy) is 2. The van der Waals surface area contributed by atoms with Crippen molar-refractivity contribution in [1.82, 2.24) is 9.97 Å². The highest BCUT2D eigenvalue weighted by molar-refractivity contribution is 5.78. The van der Waals surface area contributed by atoms with Crippen molar-refractivity contribution in [1.29, 1.82) is 0 Å². The van der Waals surface area contributed by atoms with Crippen molar-refractivity contribution in [2.45, 2.75) is 90.9 Å². The molecule has 214 valence electrons. The second-order valence-corrected chi connectivity index (χ2v) is 10.4. The minimum Gasteiger partial charge on any atom is -0.493 e. The van der Waals surface area contributed by atoms with Crippen molar-refractivity contribution in [2.24, 2.45) is 0 Å². The van der Waals surface area contributed by atoms with Crippen LogP contribution in [0, 0.1) is 0 Å². The lowest BCUT2D eigenvalue weighted by atomic mass is 10.1. The van der Waals surface area contributed by atoms with Crippen molar-refractivity contribution in [3.63, 3.8) is 0 Å². The molecule has 2 heterocycles. The van der Waals surface area contributed by atoms with Crippen LogP contribution < -0.4 is 9.47 Å². The number of benzene rings is 1. The van der Waals surface area contributed by atoms with Crippen LogP contribution in [0.4, 0.5) is 0 Å². The SMILES string of the molecule is CCCCCCCCOc1cc(/C=C/c2cccnc2)c(OCCCCCCCC)cc1/C=C/c1cccnc1. The summed E-state index contributed by atoms with van der Waals surface area (Å²) in [4.78, 5) is 8.50. The summed E-state index contributed by atoms with van der Waals surface area (Å²) in [6.07, 6.45) is 30.6. The lowest BCUT2D eigenvalue weighted by molar-refractivity contribution is 0.295. The van der Waals surface area contributed by atoms with Crippen LogP contribution in [-0.2, 0) is 0 Å². The van der Waals surface area contributed by atoms with Gasteiger partial charge in [-0.3, -0.25) is 9.97 Å². The van der Waals surface area contributed by atoms with Crippen LogP contribution >= 0.6 is 0 Å². The molecule has 1 aromatic carbocycles. The maximum Gasteiger partial charge on any atom is 0.127 e. The van der Waals surface area contributed by atoms with E-state index in [-0.39, 0.29) is 0 Å². The molecule has 0 radical (unpaired) electrons. The summed E-state index contributed by atoms with van der Waals surface area (Å²) in [5.41, 5.74) is 4.15. The third kappa shape index (κ3) is 12.2. The number of nitrogens with zero attached hydrogens (tertiary/aromatic N) is 2. The normalized spacial score (nSPS) is 11.4. The van der Waals surface area contributed by atoms with Gasteiger partial charge in [-0.1, -0.05) is 114 Å². The Kier molecular flexibility index (Phi) is 15.3. The summed E-state index contributed by atoms with van der Waals surface area (Å²) in [6, 6.07) is 12.3. The van der Waals surface area contributed by atoms with Crippen molar-refractivity contribution < 1.29 is 9.47 Å². The number of hydrogen-bond acceptors (Lipinski definition) is 4. The second-order valence-electron chi connectivity index (χ2n) is 10.4. The Bertz CT molecular complexity index is 1040. The van der Waals surface area contributed by atoms with E-state index in [2.05, 4.69) is 72.4 Å². The van der Waals surface area contributed by atoms with E-state index in [0.717, 1.165) is 46.6 Å². The smallest absolute Gasteiger partial charge is 0.127 e. The summed E-state index contributed by atoms with van der Waals surface area (Å²) in [6.45, 7) is 5.93. The molecule has 0 aliphatic carbocycles. The van der Waals surface area contributed by atoms with Crippen molar-refractivity contribution >= 4 is 24.3 Å². The van der Waals surface area contributed by atoms with Crippen LogP contribution in [0.1, 0.15) is 113 Å². The van der Waals surface area contributed by atoms with E-state index in [1.165, 1.54) is 64.2 Å². The number of aromatic nitrogens is 2. The first-order valence-corrected chi connectivity index (χ1v) is 15.4. The molecule has 0 aliphatic heterocycles. The van der Waals surface area contributed by atoms with Crippen LogP contribution in [0.5, 0.6) is 11.5 Å². The van der Waals surface area contributed by atoms with E-state index in [9.17, 15) is 0 Å². The van der Waals surface area contributed by atoms with Gasteiger partial charge in [0.25, 0.3) is 0 Å². The Morgan fingerprint density at radius 1 is 0.550 bits per heavy atom. The molecule has 0 spiro atoms. The highest BCUT2D eigenvalue weighted by atomic mass is 16.5. The quantitative estimate of drug-likeness (QED) is 0.134. The molecule has 0 amide bonds. The van der Waals surface area contributed by atoms with Crippen LogP contribution in [0.2, 0.25) is 0 Å². The van der Waals surface area contributed by atoms with Gasteiger partial charge >= 0.3 is 0 Å². The Morgan fingerprint density at radius 2 is 0.975 bits per heavy atom. The van der Waals surface area contributed by atoms with E-state index < -0.39 is 0 Å². The minimum absolute atomic E-state index is 0.712. The van der Waals surface area contributed by atoms with Gasteiger partial charge in [-0.15, -0.1) is 0 Å². The van der Waals surface area contributed by atoms with Crippen molar-refractivity contribution in [3.05, 3.63) is 83.4 Å². The predicted octanol–water partition coefficient (Wildman–Crippen LogP) is 10.3. The Hall–Kier alpha value is -3.40. The van der Waals surface area contributed by atoms with Crippen LogP contribution in [0.25, 0.3) is 24.3 Å². The number of hydrogen-bond donors (Lipinski definition) is 0. The molecule has 0 saturated heterocycles. The molecule has 0 saturated carbocycles. The van der Waals surface area contributed by atoms with Gasteiger partial charge in [-0.05, 0) is 48.2 Å². The van der Waals surface area contributed by atoms with Crippen LogP contribution in [0.15, 0.2) is 61.2 Å². The van der Waals surface area contributed by atoms with E-state index in [0.29, 0.717) is 13.2 Å². The van der Waals surface area contributed by atoms with Gasteiger partial charge in [-0.25, -0.2) is 0 Å². The average molecular weight is 541 g/mol. The van der Waals surface area contributed by atoms with Gasteiger partial charge in [0.15, 0.2) is 0 Å². The molecule has 4 nitrogen and oxygen atoms in total. The second kappa shape index (κ2) is 19.6. The molecule has 0 atom stereocenters. The third-order valence-electron chi connectivity index (χ3n) is 6.93. The molecule has 0 bridgehead atoms. The van der Waals surface area contributed by atoms with Crippen LogP contribution in [0.3, 0.4) is 0 Å². The number of rotatable bonds is 20. The monoisotopic (exact) mass is 540 g/mol. The Morgan fingerprint density at radius 3 is 1.38 bits per heavy atom. The molecule has 0 fully saturated rings. The standard InChI is InChI=1S/C36H48N2O2/c1-3-5-7-9-11-13-25-39-35-27-34(22-20-32-18-16-24-38-30-32)36(40-26-14-12-10-8-6-4-2)28-33(35)21-19-31-17-15-23-37-29-31/h15-24,27-30H,3-14,25-26H2,1-2H3/b21-19+,22-20+. The van der Waals surface area contributed by atoms with Gasteiger partial charge < -0.3 is 9.47 Å². The fourth-order valence-electron chi connectivity index (χ4n) is 4.55. The fourth-order valence-corrected chi connectivity index (χ4v) is 4.55. The summed E-state index contributed by atoms with van der Waals surface area (Å²) in [5.74, 6) is 1.76. The molecular weight excluding hydrogens is 492 g/mol. The number of unbranched alkanes of at least 4 members (excludes halogenated alkanes) is 10. The first-order valence-electron chi connectivity index (χ1n) is 15.4. The molecule has 3 rings (SSSR count). The zero-order chi connectivity index (χ0) is 28.1. The number of pyridine rings is 2. The fraction of sp³-hybridized carbons (Fsp3) is 0.444. The van der Waals surface area contributed by atoms with Gasteiger partial charge in [0.2, 0.25) is 0 Å². The largest absolute Gasteiger partial charge is 0.493 e. The zero-order valence-electron chi connectivity index (χ0n) is 24.7. The van der Waals surface area contributed by atoms with E-state index >= 15 is 0 Å². The zero-order valence-corrected chi connectivity index (χ0v) is 24.7. The average Bonchev–Trinajstić information content (AvgIpc) is 3.00. The van der Waals surface area contributed by atoms with Crippen molar-refractivity contribution in [3.8, 4) is 11.5 Å². The summed E-state index contributed by atoms with van der Waals surface area (Å²) in [5, 5.41) is 0. The molecule has 0 unspecified atom stereocenters. The highest BCUT2D eigenvalue weighted by Crippen LogP contribution is 2.33. The molecule has 0 aliphatic rings. The predicted molar refractivity (Wildman–Crippen MR) is 171 cm³/mol. The maximum atomic E-state index is 6.39. The lowest BCUT2D eigenvalue weighted by Gasteiger charge is -2.15. The Balaban J connectivity index is 1.80. The molecule has 4 heteroatoms. The van der Waals surface area contributed by atoms with Gasteiger partial charge in [0.1, 0.15) is 11.5 Å². The maximum absolute atomic E-state index is 6.39. The molecular formula is C36H48N2O2. The first-order chi connectivity index (χ1) is 19.8. The minimum atomic E-state index is 0.712. The Labute approximate surface area is 242 Å². The van der Waals surface area contributed by atoms with Gasteiger partial charge in [0, 0.05) is 35.9 Å². The van der Waals surface area contributed by atoms with Gasteiger partial charge in [0.05, 0.1) is 13.2 Å². The topological polar surface area (TPSA) is 44.2 Å².